The lowest BCUT2D eigenvalue weighted by Gasteiger charge is -2.35. The van der Waals surface area contributed by atoms with Gasteiger partial charge >= 0.3 is 6.03 Å². The standard InChI is InChI=1S/C16H19FN4O2/c1-10-15(11(2)20-19-10)14-9-23-8-7-21(14)16(22)18-13-5-3-12(17)4-6-13/h3-6,14H,7-9H2,1-2H3,(H,18,22)(H,19,20)/t14-/m1/s1. The molecule has 23 heavy (non-hydrogen) atoms. The van der Waals surface area contributed by atoms with Crippen LogP contribution in [0.1, 0.15) is 23.0 Å². The maximum absolute atomic E-state index is 13.0. The van der Waals surface area contributed by atoms with Crippen LogP contribution in [0.5, 0.6) is 0 Å². The van der Waals surface area contributed by atoms with Crippen LogP contribution in [0.25, 0.3) is 0 Å². The number of aryl methyl sites for hydroxylation is 2. The minimum absolute atomic E-state index is 0.192. The number of aromatic amines is 1. The molecule has 2 heterocycles. The van der Waals surface area contributed by atoms with Gasteiger partial charge in [-0.25, -0.2) is 9.18 Å². The van der Waals surface area contributed by atoms with Crippen molar-refractivity contribution in [3.63, 3.8) is 0 Å². The lowest BCUT2D eigenvalue weighted by Crippen LogP contribution is -2.45. The van der Waals surface area contributed by atoms with Crippen molar-refractivity contribution in [1.29, 1.82) is 0 Å². The second-order valence-electron chi connectivity index (χ2n) is 5.57. The van der Waals surface area contributed by atoms with Crippen LogP contribution in [-0.2, 0) is 4.74 Å². The van der Waals surface area contributed by atoms with Crippen LogP contribution >= 0.6 is 0 Å². The van der Waals surface area contributed by atoms with Gasteiger partial charge in [-0.15, -0.1) is 0 Å². The summed E-state index contributed by atoms with van der Waals surface area (Å²) in [4.78, 5) is 14.3. The summed E-state index contributed by atoms with van der Waals surface area (Å²) >= 11 is 0. The molecule has 0 saturated carbocycles. The van der Waals surface area contributed by atoms with Gasteiger partial charge in [-0.1, -0.05) is 0 Å². The van der Waals surface area contributed by atoms with Gasteiger partial charge in [0.05, 0.1) is 24.9 Å². The number of ether oxygens (including phenoxy) is 1. The molecule has 3 rings (SSSR count). The van der Waals surface area contributed by atoms with Crippen molar-refractivity contribution in [2.45, 2.75) is 19.9 Å². The summed E-state index contributed by atoms with van der Waals surface area (Å²) in [5.74, 6) is -0.336. The molecule has 0 aliphatic carbocycles. The van der Waals surface area contributed by atoms with Crippen LogP contribution in [0.15, 0.2) is 24.3 Å². The number of anilines is 1. The molecule has 1 aromatic carbocycles. The van der Waals surface area contributed by atoms with Gasteiger partial charge < -0.3 is 15.0 Å². The van der Waals surface area contributed by atoms with E-state index in [4.69, 9.17) is 4.74 Å². The Morgan fingerprint density at radius 2 is 2.13 bits per heavy atom. The molecule has 1 aliphatic rings. The van der Waals surface area contributed by atoms with Crippen LogP contribution in [0, 0.1) is 19.7 Å². The third kappa shape index (κ3) is 3.19. The number of nitrogens with one attached hydrogen (secondary N) is 2. The van der Waals surface area contributed by atoms with Gasteiger partial charge in [-0.3, -0.25) is 5.10 Å². The number of aromatic nitrogens is 2. The number of nitrogens with zero attached hydrogens (tertiary/aromatic N) is 2. The molecule has 2 amide bonds. The first-order valence-electron chi connectivity index (χ1n) is 7.48. The highest BCUT2D eigenvalue weighted by atomic mass is 19.1. The fraction of sp³-hybridized carbons (Fsp3) is 0.375. The van der Waals surface area contributed by atoms with Gasteiger partial charge in [0, 0.05) is 23.5 Å². The Hall–Kier alpha value is -2.41. The number of carbonyl (C=O) groups excluding carboxylic acids is 1. The molecule has 7 heteroatoms. The van der Waals surface area contributed by atoms with Crippen LogP contribution in [-0.4, -0.2) is 40.9 Å². The van der Waals surface area contributed by atoms with E-state index in [9.17, 15) is 9.18 Å². The Kier molecular flexibility index (Phi) is 4.29. The predicted molar refractivity (Wildman–Crippen MR) is 83.7 cm³/mol. The lowest BCUT2D eigenvalue weighted by atomic mass is 10.0. The molecule has 122 valence electrons. The third-order valence-corrected chi connectivity index (χ3v) is 4.00. The van der Waals surface area contributed by atoms with Gasteiger partial charge in [0.25, 0.3) is 0 Å². The summed E-state index contributed by atoms with van der Waals surface area (Å²) in [6.07, 6.45) is 0. The Balaban J connectivity index is 1.81. The van der Waals surface area contributed by atoms with E-state index in [1.54, 1.807) is 4.90 Å². The Labute approximate surface area is 133 Å². The van der Waals surface area contributed by atoms with Crippen LogP contribution in [0.3, 0.4) is 0 Å². The number of rotatable bonds is 2. The zero-order chi connectivity index (χ0) is 16.4. The molecule has 2 aromatic rings. The largest absolute Gasteiger partial charge is 0.377 e. The predicted octanol–water partition coefficient (Wildman–Crippen LogP) is 2.77. The first kappa shape index (κ1) is 15.5. The summed E-state index contributed by atoms with van der Waals surface area (Å²) < 4.78 is 18.5. The van der Waals surface area contributed by atoms with E-state index in [0.717, 1.165) is 17.0 Å². The number of amides is 2. The first-order chi connectivity index (χ1) is 11.1. The number of H-pyrrole nitrogens is 1. The van der Waals surface area contributed by atoms with E-state index in [1.807, 2.05) is 13.8 Å². The van der Waals surface area contributed by atoms with Crippen LogP contribution in [0.4, 0.5) is 14.9 Å². The van der Waals surface area contributed by atoms with Crippen molar-refractivity contribution in [3.8, 4) is 0 Å². The SMILES string of the molecule is Cc1n[nH]c(C)c1[C@H]1COCCN1C(=O)Nc1ccc(F)cc1. The van der Waals surface area contributed by atoms with Crippen LogP contribution < -0.4 is 5.32 Å². The van der Waals surface area contributed by atoms with E-state index >= 15 is 0 Å². The topological polar surface area (TPSA) is 70.2 Å². The normalized spacial score (nSPS) is 18.0. The van der Waals surface area contributed by atoms with Gasteiger partial charge in [-0.05, 0) is 38.1 Å². The Bertz CT molecular complexity index is 679. The monoisotopic (exact) mass is 318 g/mol. The van der Waals surface area contributed by atoms with E-state index in [1.165, 1.54) is 24.3 Å². The Morgan fingerprint density at radius 3 is 2.78 bits per heavy atom. The maximum atomic E-state index is 13.0. The second kappa shape index (κ2) is 6.37. The number of carbonyl (C=O) groups is 1. The van der Waals surface area contributed by atoms with Crippen molar-refractivity contribution in [2.75, 3.05) is 25.1 Å². The van der Waals surface area contributed by atoms with Gasteiger partial charge in [0.2, 0.25) is 0 Å². The van der Waals surface area contributed by atoms with Crippen molar-refractivity contribution in [2.24, 2.45) is 0 Å². The van der Waals surface area contributed by atoms with Crippen molar-refractivity contribution in [3.05, 3.63) is 47.0 Å². The molecule has 1 saturated heterocycles. The number of hydrogen-bond acceptors (Lipinski definition) is 3. The van der Waals surface area contributed by atoms with Crippen molar-refractivity contribution in [1.82, 2.24) is 15.1 Å². The smallest absolute Gasteiger partial charge is 0.322 e. The number of hydrogen-bond donors (Lipinski definition) is 2. The molecule has 1 fully saturated rings. The molecule has 6 nitrogen and oxygen atoms in total. The second-order valence-corrected chi connectivity index (χ2v) is 5.57. The minimum atomic E-state index is -0.336. The summed E-state index contributed by atoms with van der Waals surface area (Å²) in [7, 11) is 0. The third-order valence-electron chi connectivity index (χ3n) is 4.00. The highest BCUT2D eigenvalue weighted by molar-refractivity contribution is 5.89. The summed E-state index contributed by atoms with van der Waals surface area (Å²) in [5.41, 5.74) is 3.33. The van der Waals surface area contributed by atoms with Gasteiger partial charge in [0.1, 0.15) is 5.82 Å². The van der Waals surface area contributed by atoms with E-state index < -0.39 is 0 Å². The highest BCUT2D eigenvalue weighted by Gasteiger charge is 2.31. The molecular formula is C16H19FN4O2. The van der Waals surface area contributed by atoms with Gasteiger partial charge in [0.15, 0.2) is 0 Å². The summed E-state index contributed by atoms with van der Waals surface area (Å²) in [6.45, 7) is 5.24. The number of benzene rings is 1. The molecule has 1 atom stereocenters. The first-order valence-corrected chi connectivity index (χ1v) is 7.48. The highest BCUT2D eigenvalue weighted by Crippen LogP contribution is 2.28. The van der Waals surface area contributed by atoms with Gasteiger partial charge in [-0.2, -0.15) is 5.10 Å². The average molecular weight is 318 g/mol. The lowest BCUT2D eigenvalue weighted by molar-refractivity contribution is 0.0143. The quantitative estimate of drug-likeness (QED) is 0.894. The summed E-state index contributed by atoms with van der Waals surface area (Å²) in [6, 6.07) is 5.29. The molecule has 2 N–H and O–H groups in total. The fourth-order valence-electron chi connectivity index (χ4n) is 2.86. The average Bonchev–Trinajstić information content (AvgIpc) is 2.88. The van der Waals surface area contributed by atoms with E-state index in [0.29, 0.717) is 25.4 Å². The Morgan fingerprint density at radius 1 is 1.39 bits per heavy atom. The minimum Gasteiger partial charge on any atom is -0.377 e. The van der Waals surface area contributed by atoms with E-state index in [-0.39, 0.29) is 17.9 Å². The summed E-state index contributed by atoms with van der Waals surface area (Å²) in [5, 5.41) is 9.95. The molecule has 1 aliphatic heterocycles. The molecular weight excluding hydrogens is 299 g/mol. The number of urea groups is 1. The molecule has 0 spiro atoms. The molecule has 0 radical (unpaired) electrons. The molecule has 0 bridgehead atoms. The zero-order valence-corrected chi connectivity index (χ0v) is 13.1. The molecule has 0 unspecified atom stereocenters. The number of halogens is 1. The van der Waals surface area contributed by atoms with Crippen LogP contribution in [0.2, 0.25) is 0 Å². The maximum Gasteiger partial charge on any atom is 0.322 e. The zero-order valence-electron chi connectivity index (χ0n) is 13.1. The number of morpholine rings is 1. The van der Waals surface area contributed by atoms with Crippen molar-refractivity contribution < 1.29 is 13.9 Å². The van der Waals surface area contributed by atoms with Crippen molar-refractivity contribution >= 4 is 11.7 Å². The van der Waals surface area contributed by atoms with E-state index in [2.05, 4.69) is 15.5 Å². The molecule has 1 aromatic heterocycles. The fourth-order valence-corrected chi connectivity index (χ4v) is 2.86.